The van der Waals surface area contributed by atoms with E-state index < -0.39 is 0 Å². The molecule has 3 heteroatoms. The van der Waals surface area contributed by atoms with Crippen LogP contribution in [0.4, 0.5) is 5.69 Å². The lowest BCUT2D eigenvalue weighted by molar-refractivity contribution is 0.182. The Hall–Kier alpha value is -1.32. The van der Waals surface area contributed by atoms with Gasteiger partial charge in [0, 0.05) is 42.8 Å². The van der Waals surface area contributed by atoms with Crippen LogP contribution in [-0.2, 0) is 6.54 Å². The molecular weight excluding hydrogens is 252 g/mol. The van der Waals surface area contributed by atoms with E-state index in [1.807, 2.05) is 11.3 Å². The smallest absolute Gasteiger partial charge is 0.0367 e. The van der Waals surface area contributed by atoms with E-state index in [1.54, 1.807) is 0 Å². The van der Waals surface area contributed by atoms with Gasteiger partial charge in [-0.25, -0.2) is 0 Å². The van der Waals surface area contributed by atoms with Crippen LogP contribution in [0.15, 0.2) is 47.8 Å². The molecule has 100 valence electrons. The van der Waals surface area contributed by atoms with Gasteiger partial charge in [-0.3, -0.25) is 4.90 Å². The Bertz CT molecular complexity index is 495. The van der Waals surface area contributed by atoms with E-state index in [0.29, 0.717) is 6.04 Å². The van der Waals surface area contributed by atoms with Crippen LogP contribution in [0.2, 0.25) is 0 Å². The largest absolute Gasteiger partial charge is 0.369 e. The molecule has 2 heterocycles. The summed E-state index contributed by atoms with van der Waals surface area (Å²) in [5.74, 6) is 0. The molecule has 0 amide bonds. The van der Waals surface area contributed by atoms with Crippen LogP contribution in [0, 0.1) is 0 Å². The van der Waals surface area contributed by atoms with Gasteiger partial charge in [0.1, 0.15) is 0 Å². The Morgan fingerprint density at radius 1 is 1.11 bits per heavy atom. The molecule has 1 aliphatic heterocycles. The van der Waals surface area contributed by atoms with E-state index in [1.165, 1.54) is 10.6 Å². The number of para-hydroxylation sites is 1. The van der Waals surface area contributed by atoms with Crippen LogP contribution in [0.5, 0.6) is 0 Å². The van der Waals surface area contributed by atoms with Gasteiger partial charge in [-0.1, -0.05) is 24.3 Å². The first kappa shape index (κ1) is 12.7. The number of piperazine rings is 1. The molecule has 0 aliphatic carbocycles. The summed E-state index contributed by atoms with van der Waals surface area (Å²) in [7, 11) is 0. The molecule has 0 saturated carbocycles. The van der Waals surface area contributed by atoms with Crippen molar-refractivity contribution in [3.8, 4) is 0 Å². The SMILES string of the molecule is CC1CN(c2ccccc2)CCN1Cc1cccs1. The lowest BCUT2D eigenvalue weighted by atomic mass is 10.1. The highest BCUT2D eigenvalue weighted by Crippen LogP contribution is 2.21. The number of benzene rings is 1. The third-order valence-electron chi connectivity index (χ3n) is 3.83. The van der Waals surface area contributed by atoms with Crippen molar-refractivity contribution >= 4 is 17.0 Å². The molecular formula is C16H20N2S. The van der Waals surface area contributed by atoms with Crippen molar-refractivity contribution in [1.82, 2.24) is 4.90 Å². The zero-order valence-corrected chi connectivity index (χ0v) is 12.1. The summed E-state index contributed by atoms with van der Waals surface area (Å²) in [5.41, 5.74) is 1.35. The Balaban J connectivity index is 1.63. The molecule has 1 fully saturated rings. The topological polar surface area (TPSA) is 6.48 Å². The van der Waals surface area contributed by atoms with E-state index >= 15 is 0 Å². The highest BCUT2D eigenvalue weighted by molar-refractivity contribution is 7.09. The van der Waals surface area contributed by atoms with Crippen molar-refractivity contribution in [2.24, 2.45) is 0 Å². The Morgan fingerprint density at radius 2 is 1.95 bits per heavy atom. The fourth-order valence-electron chi connectivity index (χ4n) is 2.71. The van der Waals surface area contributed by atoms with Gasteiger partial charge in [-0.05, 0) is 30.5 Å². The molecule has 1 aromatic carbocycles. The van der Waals surface area contributed by atoms with Crippen LogP contribution in [-0.4, -0.2) is 30.6 Å². The van der Waals surface area contributed by atoms with Gasteiger partial charge in [-0.2, -0.15) is 0 Å². The summed E-state index contributed by atoms with van der Waals surface area (Å²) in [6.45, 7) is 6.83. The third kappa shape index (κ3) is 2.99. The lowest BCUT2D eigenvalue weighted by Gasteiger charge is -2.40. The molecule has 2 aromatic rings. The molecule has 1 unspecified atom stereocenters. The predicted octanol–water partition coefficient (Wildman–Crippen LogP) is 3.46. The number of thiophene rings is 1. The number of anilines is 1. The van der Waals surface area contributed by atoms with Crippen molar-refractivity contribution < 1.29 is 0 Å². The zero-order chi connectivity index (χ0) is 13.1. The number of hydrogen-bond donors (Lipinski definition) is 0. The summed E-state index contributed by atoms with van der Waals surface area (Å²) in [6.07, 6.45) is 0. The first-order valence-electron chi connectivity index (χ1n) is 6.89. The van der Waals surface area contributed by atoms with Gasteiger partial charge < -0.3 is 4.90 Å². The highest BCUT2D eigenvalue weighted by Gasteiger charge is 2.23. The lowest BCUT2D eigenvalue weighted by Crippen LogP contribution is -2.51. The minimum atomic E-state index is 0.607. The molecule has 1 aromatic heterocycles. The molecule has 2 nitrogen and oxygen atoms in total. The molecule has 0 bridgehead atoms. The second-order valence-electron chi connectivity index (χ2n) is 5.18. The standard InChI is InChI=1S/C16H20N2S/c1-14-12-18(15-6-3-2-4-7-15)10-9-17(14)13-16-8-5-11-19-16/h2-8,11,14H,9-10,12-13H2,1H3. The first-order chi connectivity index (χ1) is 9.33. The maximum Gasteiger partial charge on any atom is 0.0367 e. The Morgan fingerprint density at radius 3 is 2.63 bits per heavy atom. The van der Waals surface area contributed by atoms with E-state index in [9.17, 15) is 0 Å². The van der Waals surface area contributed by atoms with Crippen LogP contribution in [0.3, 0.4) is 0 Å². The zero-order valence-electron chi connectivity index (χ0n) is 11.3. The van der Waals surface area contributed by atoms with Crippen molar-refractivity contribution in [2.45, 2.75) is 19.5 Å². The predicted molar refractivity (Wildman–Crippen MR) is 82.8 cm³/mol. The number of hydrogen-bond acceptors (Lipinski definition) is 3. The molecule has 3 rings (SSSR count). The van der Waals surface area contributed by atoms with E-state index in [0.717, 1.165) is 26.2 Å². The average Bonchev–Trinajstić information content (AvgIpc) is 2.95. The van der Waals surface area contributed by atoms with Crippen molar-refractivity contribution in [3.63, 3.8) is 0 Å². The second-order valence-corrected chi connectivity index (χ2v) is 6.21. The van der Waals surface area contributed by atoms with Crippen molar-refractivity contribution in [3.05, 3.63) is 52.7 Å². The quantitative estimate of drug-likeness (QED) is 0.844. The van der Waals surface area contributed by atoms with Crippen molar-refractivity contribution in [2.75, 3.05) is 24.5 Å². The molecule has 1 atom stereocenters. The van der Waals surface area contributed by atoms with E-state index in [4.69, 9.17) is 0 Å². The Labute approximate surface area is 119 Å². The van der Waals surface area contributed by atoms with Gasteiger partial charge in [0.2, 0.25) is 0 Å². The molecule has 0 N–H and O–H groups in total. The molecule has 1 aliphatic rings. The third-order valence-corrected chi connectivity index (χ3v) is 4.69. The maximum atomic E-state index is 2.59. The molecule has 0 spiro atoms. The fraction of sp³-hybridized carbons (Fsp3) is 0.375. The number of nitrogens with zero attached hydrogens (tertiary/aromatic N) is 2. The van der Waals surface area contributed by atoms with Crippen molar-refractivity contribution in [1.29, 1.82) is 0 Å². The summed E-state index contributed by atoms with van der Waals surface area (Å²) in [5, 5.41) is 2.17. The van der Waals surface area contributed by atoms with Crippen LogP contribution in [0.25, 0.3) is 0 Å². The minimum Gasteiger partial charge on any atom is -0.369 e. The molecule has 0 radical (unpaired) electrons. The van der Waals surface area contributed by atoms with Crippen LogP contribution < -0.4 is 4.90 Å². The summed E-state index contributed by atoms with van der Waals surface area (Å²) in [6, 6.07) is 15.7. The van der Waals surface area contributed by atoms with Gasteiger partial charge in [0.15, 0.2) is 0 Å². The van der Waals surface area contributed by atoms with E-state index in [2.05, 4.69) is 64.6 Å². The summed E-state index contributed by atoms with van der Waals surface area (Å²) in [4.78, 5) is 6.56. The molecule has 1 saturated heterocycles. The van der Waals surface area contributed by atoms with E-state index in [-0.39, 0.29) is 0 Å². The minimum absolute atomic E-state index is 0.607. The average molecular weight is 272 g/mol. The highest BCUT2D eigenvalue weighted by atomic mass is 32.1. The van der Waals surface area contributed by atoms with Crippen LogP contribution >= 0.6 is 11.3 Å². The second kappa shape index (κ2) is 5.76. The fourth-order valence-corrected chi connectivity index (χ4v) is 3.44. The van der Waals surface area contributed by atoms with Gasteiger partial charge in [-0.15, -0.1) is 11.3 Å². The molecule has 19 heavy (non-hydrogen) atoms. The number of rotatable bonds is 3. The van der Waals surface area contributed by atoms with Crippen LogP contribution in [0.1, 0.15) is 11.8 Å². The maximum absolute atomic E-state index is 2.59. The monoisotopic (exact) mass is 272 g/mol. The van der Waals surface area contributed by atoms with Gasteiger partial charge in [0.05, 0.1) is 0 Å². The van der Waals surface area contributed by atoms with Gasteiger partial charge in [0.25, 0.3) is 0 Å². The van der Waals surface area contributed by atoms with Gasteiger partial charge >= 0.3 is 0 Å². The summed E-state index contributed by atoms with van der Waals surface area (Å²) >= 11 is 1.86. The normalized spacial score (nSPS) is 20.7. The first-order valence-corrected chi connectivity index (χ1v) is 7.77. The Kier molecular flexibility index (Phi) is 3.85. The summed E-state index contributed by atoms with van der Waals surface area (Å²) < 4.78 is 0.